The number of allylic oxidation sites excluding steroid dienone is 2. The Morgan fingerprint density at radius 1 is 0.778 bits per heavy atom. The van der Waals surface area contributed by atoms with E-state index in [9.17, 15) is 0 Å². The van der Waals surface area contributed by atoms with Gasteiger partial charge in [-0.05, 0) is 67.9 Å². The lowest BCUT2D eigenvalue weighted by Gasteiger charge is -2.04. The zero-order chi connectivity index (χ0) is 18.9. The predicted molar refractivity (Wildman–Crippen MR) is 114 cm³/mol. The maximum atomic E-state index is 5.64. The Labute approximate surface area is 164 Å². The molecule has 0 aliphatic heterocycles. The molecule has 3 nitrogen and oxygen atoms in total. The predicted octanol–water partition coefficient (Wildman–Crippen LogP) is 6.39. The van der Waals surface area contributed by atoms with Crippen LogP contribution in [0.25, 0.3) is 21.0 Å². The zero-order valence-corrected chi connectivity index (χ0v) is 16.4. The van der Waals surface area contributed by atoms with E-state index < -0.39 is 0 Å². The molecule has 0 spiro atoms. The van der Waals surface area contributed by atoms with E-state index in [0.29, 0.717) is 13.2 Å². The molecule has 27 heavy (non-hydrogen) atoms. The Balaban J connectivity index is 1.67. The summed E-state index contributed by atoms with van der Waals surface area (Å²) in [7, 11) is 0. The number of thiazole rings is 1. The average Bonchev–Trinajstić information content (AvgIpc) is 3.20. The first-order valence-corrected chi connectivity index (χ1v) is 9.76. The standard InChI is InChI=1S/C23H23NO2S/c1-3-5-15-25-20-11-7-18(8-12-20)22-17-24-23(27-22)19-9-13-21(14-10-19)26-16-6-4-2/h3-14,17H,15-16H2,1-2H3. The van der Waals surface area contributed by atoms with Crippen molar-refractivity contribution in [3.8, 4) is 32.5 Å². The van der Waals surface area contributed by atoms with E-state index in [1.807, 2.05) is 80.7 Å². The molecule has 0 fully saturated rings. The van der Waals surface area contributed by atoms with Gasteiger partial charge in [0.25, 0.3) is 0 Å². The summed E-state index contributed by atoms with van der Waals surface area (Å²) in [5.41, 5.74) is 2.24. The summed E-state index contributed by atoms with van der Waals surface area (Å²) in [5.74, 6) is 1.73. The van der Waals surface area contributed by atoms with Crippen molar-refractivity contribution in [1.82, 2.24) is 4.98 Å². The van der Waals surface area contributed by atoms with Gasteiger partial charge in [0.2, 0.25) is 0 Å². The average molecular weight is 378 g/mol. The van der Waals surface area contributed by atoms with Crippen LogP contribution < -0.4 is 9.47 Å². The van der Waals surface area contributed by atoms with Crippen molar-refractivity contribution in [2.45, 2.75) is 13.8 Å². The maximum absolute atomic E-state index is 5.64. The highest BCUT2D eigenvalue weighted by atomic mass is 32.1. The first kappa shape index (κ1) is 18.9. The molecule has 3 aromatic rings. The quantitative estimate of drug-likeness (QED) is 0.426. The number of benzene rings is 2. The van der Waals surface area contributed by atoms with Crippen LogP contribution in [0.2, 0.25) is 0 Å². The lowest BCUT2D eigenvalue weighted by atomic mass is 10.2. The van der Waals surface area contributed by atoms with Gasteiger partial charge in [0, 0.05) is 11.8 Å². The summed E-state index contributed by atoms with van der Waals surface area (Å²) in [6.07, 6.45) is 9.85. The van der Waals surface area contributed by atoms with Crippen LogP contribution in [0.3, 0.4) is 0 Å². The van der Waals surface area contributed by atoms with Gasteiger partial charge in [0.05, 0.1) is 4.88 Å². The van der Waals surface area contributed by atoms with E-state index in [-0.39, 0.29) is 0 Å². The highest BCUT2D eigenvalue weighted by Gasteiger charge is 2.07. The van der Waals surface area contributed by atoms with Gasteiger partial charge in [-0.2, -0.15) is 0 Å². The number of rotatable bonds is 8. The summed E-state index contributed by atoms with van der Waals surface area (Å²) < 4.78 is 11.3. The molecule has 4 heteroatoms. The molecule has 138 valence electrons. The van der Waals surface area contributed by atoms with Crippen molar-refractivity contribution >= 4 is 11.3 Å². The van der Waals surface area contributed by atoms with Crippen LogP contribution in [0.4, 0.5) is 0 Å². The molecule has 0 saturated carbocycles. The largest absolute Gasteiger partial charge is 0.490 e. The molecular formula is C23H23NO2S. The summed E-state index contributed by atoms with van der Waals surface area (Å²) in [5, 5.41) is 0.999. The van der Waals surface area contributed by atoms with Gasteiger partial charge in [0.1, 0.15) is 29.7 Å². The molecule has 0 saturated heterocycles. The molecule has 0 bridgehead atoms. The lowest BCUT2D eigenvalue weighted by Crippen LogP contribution is -1.92. The van der Waals surface area contributed by atoms with Crippen LogP contribution in [0.1, 0.15) is 13.8 Å². The summed E-state index contributed by atoms with van der Waals surface area (Å²) in [6.45, 7) is 5.15. The molecule has 0 atom stereocenters. The van der Waals surface area contributed by atoms with Crippen LogP contribution >= 0.6 is 11.3 Å². The van der Waals surface area contributed by atoms with Gasteiger partial charge in [0.15, 0.2) is 0 Å². The van der Waals surface area contributed by atoms with Crippen LogP contribution in [0, 0.1) is 0 Å². The Bertz CT molecular complexity index is 819. The lowest BCUT2D eigenvalue weighted by molar-refractivity contribution is 0.362. The van der Waals surface area contributed by atoms with E-state index in [0.717, 1.165) is 32.5 Å². The molecule has 0 aliphatic rings. The topological polar surface area (TPSA) is 31.4 Å². The summed E-state index contributed by atoms with van der Waals surface area (Å²) >= 11 is 1.68. The van der Waals surface area contributed by atoms with Crippen LogP contribution in [-0.2, 0) is 0 Å². The van der Waals surface area contributed by atoms with Gasteiger partial charge in [-0.1, -0.05) is 24.3 Å². The molecule has 0 amide bonds. The number of ether oxygens (including phenoxy) is 2. The van der Waals surface area contributed by atoms with Crippen molar-refractivity contribution < 1.29 is 9.47 Å². The second kappa shape index (κ2) is 9.74. The molecule has 2 aromatic carbocycles. The summed E-state index contributed by atoms with van der Waals surface area (Å²) in [6, 6.07) is 16.2. The Morgan fingerprint density at radius 3 is 1.81 bits per heavy atom. The number of hydrogen-bond donors (Lipinski definition) is 0. The molecular weight excluding hydrogens is 354 g/mol. The van der Waals surface area contributed by atoms with Gasteiger partial charge in [-0.15, -0.1) is 11.3 Å². The number of aromatic nitrogens is 1. The van der Waals surface area contributed by atoms with Gasteiger partial charge in [-0.25, -0.2) is 4.98 Å². The van der Waals surface area contributed by atoms with E-state index in [1.54, 1.807) is 11.3 Å². The van der Waals surface area contributed by atoms with Crippen molar-refractivity contribution in [2.24, 2.45) is 0 Å². The normalized spacial score (nSPS) is 11.3. The molecule has 1 aromatic heterocycles. The third-order valence-corrected chi connectivity index (χ3v) is 5.01. The highest BCUT2D eigenvalue weighted by molar-refractivity contribution is 7.18. The van der Waals surface area contributed by atoms with Gasteiger partial charge in [-0.3, -0.25) is 0 Å². The number of hydrogen-bond acceptors (Lipinski definition) is 4. The third kappa shape index (κ3) is 5.31. The van der Waals surface area contributed by atoms with Crippen molar-refractivity contribution in [2.75, 3.05) is 13.2 Å². The van der Waals surface area contributed by atoms with Crippen molar-refractivity contribution in [1.29, 1.82) is 0 Å². The first-order valence-electron chi connectivity index (χ1n) is 8.94. The van der Waals surface area contributed by atoms with Crippen molar-refractivity contribution in [3.63, 3.8) is 0 Å². The van der Waals surface area contributed by atoms with Gasteiger partial charge >= 0.3 is 0 Å². The van der Waals surface area contributed by atoms with E-state index in [1.165, 1.54) is 0 Å². The smallest absolute Gasteiger partial charge is 0.123 e. The minimum absolute atomic E-state index is 0.589. The minimum atomic E-state index is 0.589. The number of nitrogens with zero attached hydrogens (tertiary/aromatic N) is 1. The first-order chi connectivity index (χ1) is 13.3. The molecule has 0 radical (unpaired) electrons. The molecule has 0 aliphatic carbocycles. The summed E-state index contributed by atoms with van der Waals surface area (Å²) in [4.78, 5) is 5.71. The van der Waals surface area contributed by atoms with E-state index in [4.69, 9.17) is 9.47 Å². The van der Waals surface area contributed by atoms with E-state index >= 15 is 0 Å². The molecule has 0 unspecified atom stereocenters. The second-order valence-electron chi connectivity index (χ2n) is 5.84. The highest BCUT2D eigenvalue weighted by Crippen LogP contribution is 2.33. The Kier molecular flexibility index (Phi) is 6.83. The second-order valence-corrected chi connectivity index (χ2v) is 6.87. The van der Waals surface area contributed by atoms with Gasteiger partial charge < -0.3 is 9.47 Å². The SMILES string of the molecule is CC=CCOc1ccc(-c2cnc(-c3ccc(OCC=CC)cc3)s2)cc1. The van der Waals surface area contributed by atoms with Crippen molar-refractivity contribution in [3.05, 3.63) is 79.0 Å². The van der Waals surface area contributed by atoms with Crippen LogP contribution in [0.15, 0.2) is 79.0 Å². The third-order valence-electron chi connectivity index (χ3n) is 3.91. The molecule has 0 N–H and O–H groups in total. The zero-order valence-electron chi connectivity index (χ0n) is 15.6. The van der Waals surface area contributed by atoms with E-state index in [2.05, 4.69) is 17.1 Å². The fourth-order valence-corrected chi connectivity index (χ4v) is 3.36. The monoisotopic (exact) mass is 377 g/mol. The fourth-order valence-electron chi connectivity index (χ4n) is 2.43. The fraction of sp³-hybridized carbons (Fsp3) is 0.174. The Hall–Kier alpha value is -2.85. The maximum Gasteiger partial charge on any atom is 0.123 e. The Morgan fingerprint density at radius 2 is 1.30 bits per heavy atom. The van der Waals surface area contributed by atoms with Crippen LogP contribution in [-0.4, -0.2) is 18.2 Å². The minimum Gasteiger partial charge on any atom is -0.490 e. The molecule has 1 heterocycles. The van der Waals surface area contributed by atoms with Crippen LogP contribution in [0.5, 0.6) is 11.5 Å². The molecule has 3 rings (SSSR count).